The Morgan fingerprint density at radius 3 is 2.31 bits per heavy atom. The number of benzene rings is 3. The van der Waals surface area contributed by atoms with Gasteiger partial charge in [-0.3, -0.25) is 9.78 Å². The highest BCUT2D eigenvalue weighted by Gasteiger charge is 2.51. The van der Waals surface area contributed by atoms with E-state index in [1.807, 2.05) is 61.5 Å². The summed E-state index contributed by atoms with van der Waals surface area (Å²) in [6.45, 7) is 1.84. The molecule has 8 heteroatoms. The van der Waals surface area contributed by atoms with Gasteiger partial charge in [0, 0.05) is 22.9 Å². The molecule has 1 aliphatic rings. The molecule has 0 atom stereocenters. The van der Waals surface area contributed by atoms with Gasteiger partial charge in [0.2, 0.25) is 0 Å². The Bertz CT molecular complexity index is 1690. The summed E-state index contributed by atoms with van der Waals surface area (Å²) in [5, 5.41) is 17.1. The number of nitrogens with one attached hydrogen (secondary N) is 1. The van der Waals surface area contributed by atoms with Crippen molar-refractivity contribution in [1.82, 2.24) is 10.1 Å². The zero-order chi connectivity index (χ0) is 27.1. The van der Waals surface area contributed by atoms with Crippen LogP contribution in [0.15, 0.2) is 89.7 Å². The molecule has 0 radical (unpaired) electrons. The first-order valence-electron chi connectivity index (χ1n) is 12.4. The lowest BCUT2D eigenvalue weighted by Crippen LogP contribution is -2.19. The van der Waals surface area contributed by atoms with Crippen molar-refractivity contribution in [1.29, 1.82) is 0 Å². The molecule has 39 heavy (non-hydrogen) atoms. The highest BCUT2D eigenvalue weighted by atomic mass is 35.5. The average molecular weight is 540 g/mol. The van der Waals surface area contributed by atoms with Crippen LogP contribution in [0.2, 0.25) is 5.02 Å². The second kappa shape index (κ2) is 9.67. The van der Waals surface area contributed by atoms with Crippen molar-refractivity contribution in [3.05, 3.63) is 107 Å². The normalized spacial score (nSPS) is 13.7. The van der Waals surface area contributed by atoms with E-state index in [2.05, 4.69) is 15.5 Å². The maximum absolute atomic E-state index is 14.0. The van der Waals surface area contributed by atoms with E-state index in [1.165, 1.54) is 6.07 Å². The third kappa shape index (κ3) is 4.55. The van der Waals surface area contributed by atoms with Crippen LogP contribution in [-0.4, -0.2) is 21.2 Å². The van der Waals surface area contributed by atoms with E-state index >= 15 is 0 Å². The number of halogens is 2. The fourth-order valence-corrected chi connectivity index (χ4v) is 5.02. The van der Waals surface area contributed by atoms with Gasteiger partial charge in [0.25, 0.3) is 0 Å². The maximum atomic E-state index is 14.0. The van der Waals surface area contributed by atoms with Crippen LogP contribution in [0.25, 0.3) is 33.6 Å². The molecule has 3 aromatic carbocycles. The van der Waals surface area contributed by atoms with E-state index in [-0.39, 0.29) is 5.02 Å². The third-order valence-corrected chi connectivity index (χ3v) is 7.59. The van der Waals surface area contributed by atoms with E-state index < -0.39 is 17.2 Å². The average Bonchev–Trinajstić information content (AvgIpc) is 3.70. The van der Waals surface area contributed by atoms with Crippen LogP contribution in [-0.2, 0) is 10.2 Å². The van der Waals surface area contributed by atoms with Gasteiger partial charge < -0.3 is 14.9 Å². The van der Waals surface area contributed by atoms with Crippen LogP contribution < -0.4 is 5.32 Å². The van der Waals surface area contributed by atoms with Crippen LogP contribution in [0.4, 0.5) is 15.8 Å². The Morgan fingerprint density at radius 1 is 0.974 bits per heavy atom. The lowest BCUT2D eigenvalue weighted by Gasteiger charge is -2.11. The number of nitrogens with zero attached hydrogens (tertiary/aromatic N) is 2. The number of rotatable bonds is 7. The van der Waals surface area contributed by atoms with E-state index in [1.54, 1.807) is 24.5 Å². The van der Waals surface area contributed by atoms with Crippen LogP contribution in [0.3, 0.4) is 0 Å². The van der Waals surface area contributed by atoms with Crippen LogP contribution in [0.1, 0.15) is 24.1 Å². The van der Waals surface area contributed by atoms with Gasteiger partial charge in [0.05, 0.1) is 22.3 Å². The van der Waals surface area contributed by atoms with Gasteiger partial charge in [-0.15, -0.1) is 0 Å². The number of aliphatic carboxylic acids is 1. The van der Waals surface area contributed by atoms with Gasteiger partial charge in [0.1, 0.15) is 17.2 Å². The van der Waals surface area contributed by atoms with Gasteiger partial charge in [-0.25, -0.2) is 4.39 Å². The van der Waals surface area contributed by atoms with E-state index in [4.69, 9.17) is 16.1 Å². The van der Waals surface area contributed by atoms with Crippen molar-refractivity contribution in [2.45, 2.75) is 25.2 Å². The number of aromatic nitrogens is 2. The SMILES string of the molecule is Cc1noc(-c2ccc(-c3ccc(C4(C(=O)O)CC4)cc3)cc2)c1Nc1cncc(-c2cccc(F)c2Cl)c1. The summed E-state index contributed by atoms with van der Waals surface area (Å²) < 4.78 is 19.7. The second-order valence-corrected chi connectivity index (χ2v) is 10.1. The maximum Gasteiger partial charge on any atom is 0.314 e. The van der Waals surface area contributed by atoms with Crippen LogP contribution in [0.5, 0.6) is 0 Å². The lowest BCUT2D eigenvalue weighted by molar-refractivity contribution is -0.140. The minimum absolute atomic E-state index is 0.0435. The smallest absolute Gasteiger partial charge is 0.314 e. The highest BCUT2D eigenvalue weighted by molar-refractivity contribution is 6.33. The number of anilines is 2. The molecule has 6 rings (SSSR count). The molecule has 0 aliphatic heterocycles. The summed E-state index contributed by atoms with van der Waals surface area (Å²) in [5.74, 6) is -0.677. The molecule has 0 amide bonds. The molecule has 194 valence electrons. The second-order valence-electron chi connectivity index (χ2n) is 9.70. The summed E-state index contributed by atoms with van der Waals surface area (Å²) in [6, 6.07) is 22.1. The fourth-order valence-electron chi connectivity index (χ4n) is 4.79. The third-order valence-electron chi connectivity index (χ3n) is 7.21. The standard InChI is InChI=1S/C31H23ClFN3O3/c1-18-28(35-24-15-22(16-34-17-24)25-3-2-4-26(33)27(25)32)29(39-36-18)21-7-5-19(6-8-21)20-9-11-23(12-10-20)31(13-14-31)30(37)38/h2-12,15-17,35H,13-14H2,1H3,(H,37,38). The molecule has 2 N–H and O–H groups in total. The zero-order valence-corrected chi connectivity index (χ0v) is 21.7. The number of hydrogen-bond donors (Lipinski definition) is 2. The van der Waals surface area contributed by atoms with Crippen LogP contribution in [0, 0.1) is 12.7 Å². The molecular weight excluding hydrogens is 517 g/mol. The van der Waals surface area contributed by atoms with Crippen molar-refractivity contribution in [2.24, 2.45) is 0 Å². The molecule has 0 spiro atoms. The summed E-state index contributed by atoms with van der Waals surface area (Å²) in [4.78, 5) is 15.9. The zero-order valence-electron chi connectivity index (χ0n) is 20.9. The van der Waals surface area contributed by atoms with E-state index in [0.717, 1.165) is 22.3 Å². The molecule has 2 heterocycles. The molecular formula is C31H23ClFN3O3. The predicted octanol–water partition coefficient (Wildman–Crippen LogP) is 8.03. The molecule has 0 unspecified atom stereocenters. The molecule has 0 bridgehead atoms. The Hall–Kier alpha value is -4.49. The van der Waals surface area contributed by atoms with E-state index in [0.29, 0.717) is 46.8 Å². The number of carbonyl (C=O) groups is 1. The van der Waals surface area contributed by atoms with E-state index in [9.17, 15) is 14.3 Å². The number of carboxylic acid groups (broad SMARTS) is 1. The number of hydrogen-bond acceptors (Lipinski definition) is 5. The van der Waals surface area contributed by atoms with Crippen molar-refractivity contribution < 1.29 is 18.8 Å². The van der Waals surface area contributed by atoms with Crippen LogP contribution >= 0.6 is 11.6 Å². The molecule has 1 aliphatic carbocycles. The molecule has 0 saturated heterocycles. The first kappa shape index (κ1) is 24.8. The minimum atomic E-state index is -0.758. The highest BCUT2D eigenvalue weighted by Crippen LogP contribution is 2.48. The predicted molar refractivity (Wildman–Crippen MR) is 149 cm³/mol. The monoisotopic (exact) mass is 539 g/mol. The topological polar surface area (TPSA) is 88.2 Å². The molecule has 1 saturated carbocycles. The molecule has 5 aromatic rings. The lowest BCUT2D eigenvalue weighted by atomic mass is 9.93. The fraction of sp³-hybridized carbons (Fsp3) is 0.129. The first-order valence-corrected chi connectivity index (χ1v) is 12.8. The summed E-state index contributed by atoms with van der Waals surface area (Å²) in [6.07, 6.45) is 4.66. The summed E-state index contributed by atoms with van der Waals surface area (Å²) in [7, 11) is 0. The minimum Gasteiger partial charge on any atom is -0.481 e. The summed E-state index contributed by atoms with van der Waals surface area (Å²) >= 11 is 6.18. The van der Waals surface area contributed by atoms with Gasteiger partial charge in [-0.1, -0.05) is 77.4 Å². The van der Waals surface area contributed by atoms with Crippen molar-refractivity contribution >= 4 is 28.9 Å². The quantitative estimate of drug-likeness (QED) is 0.218. The largest absolute Gasteiger partial charge is 0.481 e. The van der Waals surface area contributed by atoms with Gasteiger partial charge >= 0.3 is 5.97 Å². The molecule has 1 fully saturated rings. The Balaban J connectivity index is 1.25. The Labute approximate surface area is 229 Å². The van der Waals surface area contributed by atoms with Crippen molar-refractivity contribution in [2.75, 3.05) is 5.32 Å². The summed E-state index contributed by atoms with van der Waals surface area (Å²) in [5.41, 5.74) is 6.23. The van der Waals surface area contributed by atoms with Gasteiger partial charge in [-0.2, -0.15) is 0 Å². The van der Waals surface area contributed by atoms with Crippen molar-refractivity contribution in [3.8, 4) is 33.6 Å². The first-order chi connectivity index (χ1) is 18.9. The number of pyridine rings is 1. The Morgan fingerprint density at radius 2 is 1.64 bits per heavy atom. The molecule has 2 aromatic heterocycles. The van der Waals surface area contributed by atoms with Gasteiger partial charge in [0.15, 0.2) is 5.76 Å². The Kier molecular flexibility index (Phi) is 6.16. The van der Waals surface area contributed by atoms with Crippen molar-refractivity contribution in [3.63, 3.8) is 0 Å². The molecule has 6 nitrogen and oxygen atoms in total. The number of aryl methyl sites for hydroxylation is 1. The number of carboxylic acids is 1. The van der Waals surface area contributed by atoms with Gasteiger partial charge in [-0.05, 0) is 48.6 Å².